The van der Waals surface area contributed by atoms with E-state index in [0.29, 0.717) is 17.0 Å². The maximum atomic E-state index is 12.8. The molecule has 0 spiro atoms. The molecule has 2 aromatic carbocycles. The van der Waals surface area contributed by atoms with E-state index in [-0.39, 0.29) is 5.91 Å². The highest BCUT2D eigenvalue weighted by molar-refractivity contribution is 5.96. The second-order valence-electron chi connectivity index (χ2n) is 6.10. The third-order valence-electron chi connectivity index (χ3n) is 4.61. The predicted molar refractivity (Wildman–Crippen MR) is 90.2 cm³/mol. The maximum Gasteiger partial charge on any atom is 0.255 e. The van der Waals surface area contributed by atoms with Gasteiger partial charge >= 0.3 is 0 Å². The van der Waals surface area contributed by atoms with Crippen molar-refractivity contribution in [2.24, 2.45) is 0 Å². The molecule has 3 heteroatoms. The lowest BCUT2D eigenvalue weighted by Crippen LogP contribution is -2.39. The zero-order valence-electron chi connectivity index (χ0n) is 13.3. The largest absolute Gasteiger partial charge is 0.338 e. The van der Waals surface area contributed by atoms with E-state index in [1.165, 1.54) is 11.1 Å². The molecule has 0 unspecified atom stereocenters. The van der Waals surface area contributed by atoms with Crippen molar-refractivity contribution in [3.63, 3.8) is 0 Å². The van der Waals surface area contributed by atoms with Crippen molar-refractivity contribution in [2.75, 3.05) is 13.1 Å². The summed E-state index contributed by atoms with van der Waals surface area (Å²) < 4.78 is 0. The SMILES string of the molecule is Cc1ccccc1[C@@H]1CCCN(C(=O)c2ccccc2C#N)C1. The number of rotatable bonds is 2. The smallest absolute Gasteiger partial charge is 0.255 e. The molecule has 3 rings (SSSR count). The van der Waals surface area contributed by atoms with Gasteiger partial charge in [-0.3, -0.25) is 4.79 Å². The molecule has 1 aliphatic heterocycles. The Morgan fingerprint density at radius 3 is 2.70 bits per heavy atom. The summed E-state index contributed by atoms with van der Waals surface area (Å²) in [5.74, 6) is 0.351. The van der Waals surface area contributed by atoms with E-state index in [1.54, 1.807) is 18.2 Å². The minimum atomic E-state index is -0.0274. The monoisotopic (exact) mass is 304 g/mol. The fraction of sp³-hybridized carbons (Fsp3) is 0.300. The number of carbonyl (C=O) groups excluding carboxylic acids is 1. The summed E-state index contributed by atoms with van der Waals surface area (Å²) in [6, 6.07) is 17.6. The Bertz CT molecular complexity index is 760. The molecule has 0 bridgehead atoms. The number of carbonyl (C=O) groups is 1. The van der Waals surface area contributed by atoms with Gasteiger partial charge in [0.05, 0.1) is 17.2 Å². The van der Waals surface area contributed by atoms with E-state index in [0.717, 1.165) is 25.9 Å². The van der Waals surface area contributed by atoms with Crippen LogP contribution in [-0.4, -0.2) is 23.9 Å². The molecule has 3 nitrogen and oxygen atoms in total. The molecule has 1 fully saturated rings. The van der Waals surface area contributed by atoms with Gasteiger partial charge < -0.3 is 4.90 Å². The average molecular weight is 304 g/mol. The summed E-state index contributed by atoms with van der Waals surface area (Å²) in [6.07, 6.45) is 2.11. The van der Waals surface area contributed by atoms with E-state index in [9.17, 15) is 10.1 Å². The van der Waals surface area contributed by atoms with E-state index in [2.05, 4.69) is 31.2 Å². The predicted octanol–water partition coefficient (Wildman–Crippen LogP) is 3.89. The molecule has 23 heavy (non-hydrogen) atoms. The fourth-order valence-corrected chi connectivity index (χ4v) is 3.40. The van der Waals surface area contributed by atoms with Crippen molar-refractivity contribution in [1.29, 1.82) is 5.26 Å². The number of hydrogen-bond acceptors (Lipinski definition) is 2. The van der Waals surface area contributed by atoms with Gasteiger partial charge in [0.15, 0.2) is 0 Å². The standard InChI is InChI=1S/C20H20N2O/c1-15-7-2-4-10-18(15)17-9-6-12-22(14-17)20(23)19-11-5-3-8-16(19)13-21/h2-5,7-8,10-11,17H,6,9,12,14H2,1H3/t17-/m1/s1. The molecule has 1 amide bonds. The van der Waals surface area contributed by atoms with Crippen molar-refractivity contribution in [3.8, 4) is 6.07 Å². The number of benzene rings is 2. The Hall–Kier alpha value is -2.60. The van der Waals surface area contributed by atoms with Crippen LogP contribution < -0.4 is 0 Å². The zero-order chi connectivity index (χ0) is 16.2. The van der Waals surface area contributed by atoms with Crippen LogP contribution >= 0.6 is 0 Å². The number of hydrogen-bond donors (Lipinski definition) is 0. The van der Waals surface area contributed by atoms with Crippen molar-refractivity contribution in [1.82, 2.24) is 4.90 Å². The molecule has 1 aliphatic rings. The quantitative estimate of drug-likeness (QED) is 0.845. The van der Waals surface area contributed by atoms with Crippen LogP contribution in [0.1, 0.15) is 45.8 Å². The number of nitrogens with zero attached hydrogens (tertiary/aromatic N) is 2. The van der Waals surface area contributed by atoms with Crippen LogP contribution in [0.5, 0.6) is 0 Å². The molecule has 0 N–H and O–H groups in total. The van der Waals surface area contributed by atoms with Gasteiger partial charge in [0.25, 0.3) is 5.91 Å². The Morgan fingerprint density at radius 2 is 1.91 bits per heavy atom. The summed E-state index contributed by atoms with van der Waals surface area (Å²) in [7, 11) is 0. The van der Waals surface area contributed by atoms with E-state index in [1.807, 2.05) is 17.0 Å². The zero-order valence-corrected chi connectivity index (χ0v) is 13.3. The van der Waals surface area contributed by atoms with Crippen LogP contribution in [0.2, 0.25) is 0 Å². The summed E-state index contributed by atoms with van der Waals surface area (Å²) in [4.78, 5) is 14.7. The molecule has 1 saturated heterocycles. The van der Waals surface area contributed by atoms with Gasteiger partial charge in [-0.05, 0) is 43.0 Å². The third-order valence-corrected chi connectivity index (χ3v) is 4.61. The first-order chi connectivity index (χ1) is 11.2. The molecular formula is C20H20N2O. The van der Waals surface area contributed by atoms with Crippen LogP contribution in [0.4, 0.5) is 0 Å². The Balaban J connectivity index is 1.83. The Labute approximate surface area is 137 Å². The van der Waals surface area contributed by atoms with Crippen LogP contribution in [0.25, 0.3) is 0 Å². The van der Waals surface area contributed by atoms with Crippen molar-refractivity contribution in [2.45, 2.75) is 25.7 Å². The second kappa shape index (κ2) is 6.66. The molecule has 0 radical (unpaired) electrons. The Kier molecular flexibility index (Phi) is 4.43. The summed E-state index contributed by atoms with van der Waals surface area (Å²) >= 11 is 0. The van der Waals surface area contributed by atoms with Crippen LogP contribution in [0.15, 0.2) is 48.5 Å². The van der Waals surface area contributed by atoms with Gasteiger partial charge in [0.1, 0.15) is 0 Å². The van der Waals surface area contributed by atoms with Gasteiger partial charge in [-0.15, -0.1) is 0 Å². The van der Waals surface area contributed by atoms with Crippen molar-refractivity contribution in [3.05, 3.63) is 70.8 Å². The van der Waals surface area contributed by atoms with Gasteiger partial charge in [0.2, 0.25) is 0 Å². The van der Waals surface area contributed by atoms with Crippen molar-refractivity contribution < 1.29 is 4.79 Å². The van der Waals surface area contributed by atoms with Crippen LogP contribution in [0.3, 0.4) is 0 Å². The Morgan fingerprint density at radius 1 is 1.17 bits per heavy atom. The van der Waals surface area contributed by atoms with E-state index < -0.39 is 0 Å². The molecule has 2 aromatic rings. The van der Waals surface area contributed by atoms with Crippen LogP contribution in [0, 0.1) is 18.3 Å². The third kappa shape index (κ3) is 3.12. The molecule has 1 atom stereocenters. The first-order valence-electron chi connectivity index (χ1n) is 8.04. The number of aryl methyl sites for hydroxylation is 1. The van der Waals surface area contributed by atoms with E-state index in [4.69, 9.17) is 0 Å². The molecule has 116 valence electrons. The van der Waals surface area contributed by atoms with Crippen molar-refractivity contribution >= 4 is 5.91 Å². The minimum Gasteiger partial charge on any atom is -0.338 e. The first kappa shape index (κ1) is 15.3. The number of likely N-dealkylation sites (tertiary alicyclic amines) is 1. The molecule has 0 saturated carbocycles. The lowest BCUT2D eigenvalue weighted by atomic mass is 9.87. The molecular weight excluding hydrogens is 284 g/mol. The molecule has 0 aromatic heterocycles. The van der Waals surface area contributed by atoms with Gasteiger partial charge in [-0.1, -0.05) is 36.4 Å². The van der Waals surface area contributed by atoms with Gasteiger partial charge in [-0.25, -0.2) is 0 Å². The summed E-state index contributed by atoms with van der Waals surface area (Å²) in [5.41, 5.74) is 3.58. The summed E-state index contributed by atoms with van der Waals surface area (Å²) in [6.45, 7) is 3.62. The molecule has 0 aliphatic carbocycles. The highest BCUT2D eigenvalue weighted by Gasteiger charge is 2.27. The summed E-state index contributed by atoms with van der Waals surface area (Å²) in [5, 5.41) is 9.21. The molecule has 1 heterocycles. The van der Waals surface area contributed by atoms with Gasteiger partial charge in [0, 0.05) is 19.0 Å². The maximum absolute atomic E-state index is 12.8. The lowest BCUT2D eigenvalue weighted by Gasteiger charge is -2.34. The van der Waals surface area contributed by atoms with E-state index >= 15 is 0 Å². The highest BCUT2D eigenvalue weighted by Crippen LogP contribution is 2.30. The normalized spacial score (nSPS) is 17.6. The minimum absolute atomic E-state index is 0.0274. The fourth-order valence-electron chi connectivity index (χ4n) is 3.40. The number of piperidine rings is 1. The van der Waals surface area contributed by atoms with Gasteiger partial charge in [-0.2, -0.15) is 5.26 Å². The highest BCUT2D eigenvalue weighted by atomic mass is 16.2. The second-order valence-corrected chi connectivity index (χ2v) is 6.10. The van der Waals surface area contributed by atoms with Crippen LogP contribution in [-0.2, 0) is 0 Å². The number of amides is 1. The first-order valence-corrected chi connectivity index (χ1v) is 8.04. The lowest BCUT2D eigenvalue weighted by molar-refractivity contribution is 0.0706. The number of nitriles is 1. The topological polar surface area (TPSA) is 44.1 Å². The average Bonchev–Trinajstić information content (AvgIpc) is 2.61.